The van der Waals surface area contributed by atoms with Crippen LogP contribution >= 0.6 is 15.9 Å². The Hall–Kier alpha value is -1.89. The highest BCUT2D eigenvalue weighted by molar-refractivity contribution is 9.10. The number of amides is 1. The molecule has 1 aromatic heterocycles. The molecule has 0 aliphatic heterocycles. The second kappa shape index (κ2) is 6.51. The van der Waals surface area contributed by atoms with Crippen LogP contribution in [0.15, 0.2) is 35.1 Å². The molecule has 2 N–H and O–H groups in total. The van der Waals surface area contributed by atoms with Crippen LogP contribution in [-0.2, 0) is 17.9 Å². The highest BCUT2D eigenvalue weighted by atomic mass is 79.9. The lowest BCUT2D eigenvalue weighted by Crippen LogP contribution is -2.23. The lowest BCUT2D eigenvalue weighted by atomic mass is 10.2. The minimum Gasteiger partial charge on any atom is -0.378 e. The molecule has 2 rings (SSSR count). The van der Waals surface area contributed by atoms with Crippen molar-refractivity contribution >= 4 is 27.5 Å². The van der Waals surface area contributed by atoms with Crippen LogP contribution in [0.1, 0.15) is 5.56 Å². The summed E-state index contributed by atoms with van der Waals surface area (Å²) in [5.74, 6) is -0.408. The summed E-state index contributed by atoms with van der Waals surface area (Å²) in [6, 6.07) is 4.96. The van der Waals surface area contributed by atoms with Crippen LogP contribution in [0.2, 0.25) is 0 Å². The molecule has 0 atom stereocenters. The highest BCUT2D eigenvalue weighted by Crippen LogP contribution is 2.17. The van der Waals surface area contributed by atoms with Crippen LogP contribution in [0.3, 0.4) is 0 Å². The molecule has 0 unspecified atom stereocenters. The molecule has 1 amide bonds. The van der Waals surface area contributed by atoms with Gasteiger partial charge in [-0.15, -0.1) is 0 Å². The minimum atomic E-state index is -0.292. The first-order valence-corrected chi connectivity index (χ1v) is 6.78. The summed E-state index contributed by atoms with van der Waals surface area (Å²) in [6.45, 7) is 0.654. The molecule has 1 aromatic carbocycles. The minimum absolute atomic E-state index is 0.116. The summed E-state index contributed by atoms with van der Waals surface area (Å²) in [5, 5.41) is 9.71. The monoisotopic (exact) mass is 340 g/mol. The zero-order valence-electron chi connectivity index (χ0n) is 10.9. The van der Waals surface area contributed by atoms with Crippen molar-refractivity contribution in [3.63, 3.8) is 0 Å². The fourth-order valence-electron chi connectivity index (χ4n) is 1.62. The van der Waals surface area contributed by atoms with E-state index < -0.39 is 0 Å². The number of nitrogens with zero attached hydrogens (tertiary/aromatic N) is 2. The fraction of sp³-hybridized carbons (Fsp3) is 0.231. The first-order valence-electron chi connectivity index (χ1n) is 5.99. The van der Waals surface area contributed by atoms with Gasteiger partial charge in [-0.3, -0.25) is 9.48 Å². The number of aromatic nitrogens is 2. The molecule has 20 heavy (non-hydrogen) atoms. The predicted molar refractivity (Wildman–Crippen MR) is 77.7 cm³/mol. The van der Waals surface area contributed by atoms with Gasteiger partial charge in [0, 0.05) is 19.8 Å². The SMILES string of the molecule is CNC(=O)Cn1cc(NCc2ccc(Br)c(F)c2)cn1. The van der Waals surface area contributed by atoms with Crippen LogP contribution in [0.5, 0.6) is 0 Å². The molecule has 5 nitrogen and oxygen atoms in total. The van der Waals surface area contributed by atoms with Crippen molar-refractivity contribution in [3.8, 4) is 0 Å². The van der Waals surface area contributed by atoms with Gasteiger partial charge in [-0.05, 0) is 33.6 Å². The smallest absolute Gasteiger partial charge is 0.241 e. The van der Waals surface area contributed by atoms with Crippen molar-refractivity contribution in [1.29, 1.82) is 0 Å². The Balaban J connectivity index is 1.93. The average Bonchev–Trinajstić information content (AvgIpc) is 2.87. The number of hydrogen-bond acceptors (Lipinski definition) is 3. The Morgan fingerprint density at radius 3 is 3.00 bits per heavy atom. The standard InChI is InChI=1S/C13H14BrFN4O/c1-16-13(20)8-19-7-10(6-18-19)17-5-9-2-3-11(14)12(15)4-9/h2-4,6-7,17H,5,8H2,1H3,(H,16,20). The van der Waals surface area contributed by atoms with Crippen LogP contribution in [0.4, 0.5) is 10.1 Å². The Morgan fingerprint density at radius 1 is 1.50 bits per heavy atom. The molecule has 0 aliphatic rings. The van der Waals surface area contributed by atoms with E-state index in [1.807, 2.05) is 6.07 Å². The van der Waals surface area contributed by atoms with Gasteiger partial charge in [0.2, 0.25) is 5.91 Å². The summed E-state index contributed by atoms with van der Waals surface area (Å²) in [7, 11) is 1.58. The van der Waals surface area contributed by atoms with Crippen molar-refractivity contribution in [2.75, 3.05) is 12.4 Å². The maximum atomic E-state index is 13.4. The largest absolute Gasteiger partial charge is 0.378 e. The number of halogens is 2. The Labute approximate surface area is 124 Å². The van der Waals surface area contributed by atoms with E-state index in [9.17, 15) is 9.18 Å². The van der Waals surface area contributed by atoms with Gasteiger partial charge in [-0.1, -0.05) is 6.07 Å². The number of anilines is 1. The number of hydrogen-bond donors (Lipinski definition) is 2. The first kappa shape index (κ1) is 14.5. The van der Waals surface area contributed by atoms with E-state index in [2.05, 4.69) is 31.7 Å². The topological polar surface area (TPSA) is 59.0 Å². The predicted octanol–water partition coefficient (Wildman–Crippen LogP) is 2.14. The summed E-state index contributed by atoms with van der Waals surface area (Å²) in [4.78, 5) is 11.2. The average molecular weight is 341 g/mol. The summed E-state index contributed by atoms with van der Waals surface area (Å²) >= 11 is 3.11. The van der Waals surface area contributed by atoms with Gasteiger partial charge in [0.05, 0.1) is 16.4 Å². The van der Waals surface area contributed by atoms with Gasteiger partial charge < -0.3 is 10.6 Å². The van der Waals surface area contributed by atoms with Gasteiger partial charge >= 0.3 is 0 Å². The molecule has 2 aromatic rings. The van der Waals surface area contributed by atoms with E-state index in [1.54, 1.807) is 25.5 Å². The Bertz CT molecular complexity index is 614. The van der Waals surface area contributed by atoms with Crippen molar-refractivity contribution < 1.29 is 9.18 Å². The van der Waals surface area contributed by atoms with Crippen molar-refractivity contribution in [1.82, 2.24) is 15.1 Å². The van der Waals surface area contributed by atoms with Crippen LogP contribution < -0.4 is 10.6 Å². The summed E-state index contributed by atoms with van der Waals surface area (Å²) in [6.07, 6.45) is 3.35. The molecular weight excluding hydrogens is 327 g/mol. The van der Waals surface area contributed by atoms with Crippen LogP contribution in [-0.4, -0.2) is 22.7 Å². The molecule has 1 heterocycles. The van der Waals surface area contributed by atoms with E-state index in [0.717, 1.165) is 11.3 Å². The fourth-order valence-corrected chi connectivity index (χ4v) is 1.87. The number of benzene rings is 1. The van der Waals surface area contributed by atoms with Crippen molar-refractivity contribution in [2.24, 2.45) is 0 Å². The number of likely N-dealkylation sites (N-methyl/N-ethyl adjacent to an activating group) is 1. The van der Waals surface area contributed by atoms with E-state index in [0.29, 0.717) is 11.0 Å². The third-order valence-electron chi connectivity index (χ3n) is 2.70. The molecule has 0 fully saturated rings. The van der Waals surface area contributed by atoms with Crippen LogP contribution in [0, 0.1) is 5.82 Å². The maximum absolute atomic E-state index is 13.4. The molecule has 0 aliphatic carbocycles. The van der Waals surface area contributed by atoms with Gasteiger partial charge in [0.1, 0.15) is 12.4 Å². The van der Waals surface area contributed by atoms with Gasteiger partial charge in [-0.2, -0.15) is 5.10 Å². The second-order valence-electron chi connectivity index (χ2n) is 4.20. The second-order valence-corrected chi connectivity index (χ2v) is 5.06. The number of carbonyl (C=O) groups excluding carboxylic acids is 1. The summed E-state index contributed by atoms with van der Waals surface area (Å²) in [5.41, 5.74) is 1.60. The van der Waals surface area contributed by atoms with Gasteiger partial charge in [0.15, 0.2) is 0 Å². The molecule has 0 spiro atoms. The van der Waals surface area contributed by atoms with E-state index in [-0.39, 0.29) is 18.3 Å². The molecule has 0 radical (unpaired) electrons. The lowest BCUT2D eigenvalue weighted by Gasteiger charge is -2.04. The number of rotatable bonds is 5. The van der Waals surface area contributed by atoms with E-state index in [1.165, 1.54) is 10.7 Å². The Morgan fingerprint density at radius 2 is 2.30 bits per heavy atom. The van der Waals surface area contributed by atoms with Crippen molar-refractivity contribution in [3.05, 3.63) is 46.4 Å². The molecular formula is C13H14BrFN4O. The normalized spacial score (nSPS) is 10.3. The first-order chi connectivity index (χ1) is 9.58. The molecule has 0 saturated carbocycles. The molecule has 106 valence electrons. The Kier molecular flexibility index (Phi) is 4.73. The van der Waals surface area contributed by atoms with Gasteiger partial charge in [-0.25, -0.2) is 4.39 Å². The molecule has 0 saturated heterocycles. The lowest BCUT2D eigenvalue weighted by molar-refractivity contribution is -0.121. The molecule has 0 bridgehead atoms. The van der Waals surface area contributed by atoms with Crippen LogP contribution in [0.25, 0.3) is 0 Å². The zero-order valence-corrected chi connectivity index (χ0v) is 12.4. The third-order valence-corrected chi connectivity index (χ3v) is 3.34. The highest BCUT2D eigenvalue weighted by Gasteiger charge is 2.04. The van der Waals surface area contributed by atoms with E-state index >= 15 is 0 Å². The van der Waals surface area contributed by atoms with Gasteiger partial charge in [0.25, 0.3) is 0 Å². The summed E-state index contributed by atoms with van der Waals surface area (Å²) < 4.78 is 15.3. The zero-order chi connectivity index (χ0) is 14.5. The van der Waals surface area contributed by atoms with E-state index in [4.69, 9.17) is 0 Å². The quantitative estimate of drug-likeness (QED) is 0.876. The number of carbonyl (C=O) groups is 1. The molecule has 7 heteroatoms. The third kappa shape index (κ3) is 3.80. The van der Waals surface area contributed by atoms with Crippen molar-refractivity contribution in [2.45, 2.75) is 13.1 Å². The maximum Gasteiger partial charge on any atom is 0.241 e. The number of nitrogens with one attached hydrogen (secondary N) is 2.